The lowest BCUT2D eigenvalue weighted by Gasteiger charge is -2.21. The first-order valence-electron chi connectivity index (χ1n) is 7.02. The van der Waals surface area contributed by atoms with Gasteiger partial charge < -0.3 is 19.8 Å². The predicted molar refractivity (Wildman–Crippen MR) is 85.6 cm³/mol. The first kappa shape index (κ1) is 18.3. The number of nitro groups is 1. The summed E-state index contributed by atoms with van der Waals surface area (Å²) in [5.41, 5.74) is 0.644. The fourth-order valence-corrected chi connectivity index (χ4v) is 2.16. The molecule has 0 saturated heterocycles. The number of methoxy groups -OCH3 is 1. The van der Waals surface area contributed by atoms with E-state index in [0.717, 1.165) is 11.0 Å². The zero-order chi connectivity index (χ0) is 18.4. The van der Waals surface area contributed by atoms with Crippen LogP contribution in [0.25, 0.3) is 0 Å². The molecule has 0 aliphatic heterocycles. The van der Waals surface area contributed by atoms with Gasteiger partial charge in [-0.15, -0.1) is 0 Å². The van der Waals surface area contributed by atoms with Crippen molar-refractivity contribution in [3.05, 3.63) is 51.3 Å². The van der Waals surface area contributed by atoms with Gasteiger partial charge in [0.2, 0.25) is 12.2 Å². The highest BCUT2D eigenvalue weighted by Crippen LogP contribution is 2.17. The molecule has 1 aromatic heterocycles. The maximum atomic E-state index is 12.5. The molecule has 1 heterocycles. The molecule has 0 bridgehead atoms. The van der Waals surface area contributed by atoms with Crippen LogP contribution in [0.3, 0.4) is 0 Å². The number of carbonyl (C=O) groups excluding carboxylic acids is 2. The minimum Gasteiger partial charge on any atom is -0.468 e. The summed E-state index contributed by atoms with van der Waals surface area (Å²) < 4.78 is 5.62. The third-order valence-electron chi connectivity index (χ3n) is 3.20. The van der Waals surface area contributed by atoms with Gasteiger partial charge in [0, 0.05) is 16.7 Å². The van der Waals surface area contributed by atoms with Crippen molar-refractivity contribution in [2.75, 3.05) is 13.7 Å². The maximum Gasteiger partial charge on any atom is 0.490 e. The smallest absolute Gasteiger partial charge is 0.468 e. The van der Waals surface area contributed by atoms with E-state index >= 15 is 0 Å². The molecule has 2 aromatic rings. The van der Waals surface area contributed by atoms with Crippen LogP contribution in [0, 0.1) is 10.1 Å². The lowest BCUT2D eigenvalue weighted by atomic mass is 10.2. The molecule has 0 unspecified atom stereocenters. The van der Waals surface area contributed by atoms with E-state index in [2.05, 4.69) is 14.8 Å². The molecule has 11 heteroatoms. The van der Waals surface area contributed by atoms with Crippen molar-refractivity contribution in [1.29, 1.82) is 0 Å². The van der Waals surface area contributed by atoms with Gasteiger partial charge in [0.05, 0.1) is 7.11 Å². The fraction of sp³-hybridized carbons (Fsp3) is 0.286. The van der Waals surface area contributed by atoms with Gasteiger partial charge >= 0.3 is 11.9 Å². The Kier molecular flexibility index (Phi) is 6.01. The minimum absolute atomic E-state index is 0.0738. The molecule has 0 spiro atoms. The monoisotopic (exact) mass is 367 g/mol. The van der Waals surface area contributed by atoms with Crippen LogP contribution in [0.2, 0.25) is 5.02 Å². The molecule has 10 nitrogen and oxygen atoms in total. The van der Waals surface area contributed by atoms with Crippen molar-refractivity contribution in [1.82, 2.24) is 19.7 Å². The number of ether oxygens (including phenoxy) is 1. The summed E-state index contributed by atoms with van der Waals surface area (Å²) in [6, 6.07) is 6.88. The number of hydrogen-bond donors (Lipinski definition) is 0. The largest absolute Gasteiger partial charge is 0.490 e. The van der Waals surface area contributed by atoms with Gasteiger partial charge in [-0.1, -0.05) is 34.8 Å². The van der Waals surface area contributed by atoms with Gasteiger partial charge in [0.1, 0.15) is 13.1 Å². The molecule has 1 aromatic carbocycles. The molecule has 0 aliphatic carbocycles. The number of esters is 1. The van der Waals surface area contributed by atoms with Crippen molar-refractivity contribution < 1.29 is 19.2 Å². The zero-order valence-corrected chi connectivity index (χ0v) is 13.9. The Morgan fingerprint density at radius 2 is 2.12 bits per heavy atom. The number of amides is 1. The molecule has 2 rings (SSSR count). The third kappa shape index (κ3) is 4.98. The third-order valence-corrected chi connectivity index (χ3v) is 3.57. The first-order valence-corrected chi connectivity index (χ1v) is 7.40. The Labute approximate surface area is 147 Å². The van der Waals surface area contributed by atoms with Gasteiger partial charge in [-0.05, 0) is 16.6 Å². The summed E-state index contributed by atoms with van der Waals surface area (Å²) in [7, 11) is 1.21. The molecule has 0 saturated carbocycles. The number of carbonyl (C=O) groups is 2. The quantitative estimate of drug-likeness (QED) is 0.407. The van der Waals surface area contributed by atoms with Crippen molar-refractivity contribution in [2.24, 2.45) is 0 Å². The maximum absolute atomic E-state index is 12.5. The minimum atomic E-state index is -0.767. The molecule has 0 N–H and O–H groups in total. The van der Waals surface area contributed by atoms with E-state index in [1.807, 2.05) is 0 Å². The van der Waals surface area contributed by atoms with Crippen LogP contribution >= 0.6 is 11.6 Å². The van der Waals surface area contributed by atoms with Crippen LogP contribution in [0.4, 0.5) is 5.95 Å². The lowest BCUT2D eigenvalue weighted by molar-refractivity contribution is -0.394. The molecule has 25 heavy (non-hydrogen) atoms. The predicted octanol–water partition coefficient (Wildman–Crippen LogP) is 1.04. The van der Waals surface area contributed by atoms with Crippen LogP contribution in [0.15, 0.2) is 30.6 Å². The second-order valence-corrected chi connectivity index (χ2v) is 5.32. The van der Waals surface area contributed by atoms with Gasteiger partial charge in [-0.3, -0.25) is 9.59 Å². The number of hydrogen-bond acceptors (Lipinski definition) is 7. The molecular weight excluding hydrogens is 354 g/mol. The van der Waals surface area contributed by atoms with Crippen molar-refractivity contribution in [3.8, 4) is 0 Å². The molecule has 0 atom stereocenters. The summed E-state index contributed by atoms with van der Waals surface area (Å²) in [5, 5.41) is 14.6. The Morgan fingerprint density at radius 1 is 1.40 bits per heavy atom. The highest BCUT2D eigenvalue weighted by Gasteiger charge is 2.22. The van der Waals surface area contributed by atoms with Gasteiger partial charge in [0.25, 0.3) is 0 Å². The number of rotatable bonds is 7. The van der Waals surface area contributed by atoms with E-state index in [1.54, 1.807) is 24.3 Å². The molecule has 1 amide bonds. The highest BCUT2D eigenvalue weighted by molar-refractivity contribution is 6.31. The Morgan fingerprint density at radius 3 is 2.72 bits per heavy atom. The second-order valence-electron chi connectivity index (χ2n) is 4.92. The number of halogens is 1. The molecule has 0 fully saturated rings. The highest BCUT2D eigenvalue weighted by atomic mass is 35.5. The van der Waals surface area contributed by atoms with Crippen molar-refractivity contribution in [2.45, 2.75) is 13.1 Å². The van der Waals surface area contributed by atoms with Gasteiger partial charge in [0.15, 0.2) is 0 Å². The van der Waals surface area contributed by atoms with E-state index in [1.165, 1.54) is 12.0 Å². The van der Waals surface area contributed by atoms with Crippen LogP contribution in [0.1, 0.15) is 5.56 Å². The second kappa shape index (κ2) is 8.20. The van der Waals surface area contributed by atoms with Crippen LogP contribution in [-0.4, -0.2) is 50.1 Å². The number of aromatic nitrogens is 3. The van der Waals surface area contributed by atoms with Gasteiger partial charge in [-0.2, -0.15) is 4.68 Å². The Balaban J connectivity index is 2.15. The Bertz CT molecular complexity index is 793. The average molecular weight is 368 g/mol. The molecule has 0 radical (unpaired) electrons. The zero-order valence-electron chi connectivity index (χ0n) is 13.2. The summed E-state index contributed by atoms with van der Waals surface area (Å²) in [5.74, 6) is -1.71. The SMILES string of the molecule is COC(=O)CN(Cc1ccccc1Cl)C(=O)Cn1cnc([N+](=O)[O-])n1. The van der Waals surface area contributed by atoms with E-state index in [9.17, 15) is 19.7 Å². The van der Waals surface area contributed by atoms with E-state index in [0.29, 0.717) is 10.6 Å². The average Bonchev–Trinajstić information content (AvgIpc) is 3.04. The van der Waals surface area contributed by atoms with E-state index < -0.39 is 22.7 Å². The van der Waals surface area contributed by atoms with Crippen molar-refractivity contribution in [3.63, 3.8) is 0 Å². The van der Waals surface area contributed by atoms with E-state index in [4.69, 9.17) is 11.6 Å². The summed E-state index contributed by atoms with van der Waals surface area (Å²) >= 11 is 6.09. The molecule has 132 valence electrons. The van der Waals surface area contributed by atoms with Crippen molar-refractivity contribution >= 4 is 29.4 Å². The Hall–Kier alpha value is -3.01. The topological polar surface area (TPSA) is 120 Å². The van der Waals surface area contributed by atoms with Gasteiger partial charge in [-0.25, -0.2) is 0 Å². The normalized spacial score (nSPS) is 10.3. The molecule has 0 aliphatic rings. The summed E-state index contributed by atoms with van der Waals surface area (Å²) in [4.78, 5) is 38.6. The van der Waals surface area contributed by atoms with Crippen LogP contribution in [-0.2, 0) is 27.4 Å². The van der Waals surface area contributed by atoms with E-state index in [-0.39, 0.29) is 19.6 Å². The lowest BCUT2D eigenvalue weighted by Crippen LogP contribution is -2.38. The fourth-order valence-electron chi connectivity index (χ4n) is 1.97. The number of benzene rings is 1. The molecular formula is C14H14ClN5O5. The first-order chi connectivity index (χ1) is 11.9. The standard InChI is InChI=1S/C14H14ClN5O5/c1-25-13(22)8-18(6-10-4-2-3-5-11(10)15)12(21)7-19-9-16-14(17-19)20(23)24/h2-5,9H,6-8H2,1H3. The summed E-state index contributed by atoms with van der Waals surface area (Å²) in [6.45, 7) is -0.538. The van der Waals surface area contributed by atoms with Crippen LogP contribution in [0.5, 0.6) is 0 Å². The summed E-state index contributed by atoms with van der Waals surface area (Å²) in [6.07, 6.45) is 1.07. The number of nitrogens with zero attached hydrogens (tertiary/aromatic N) is 5. The van der Waals surface area contributed by atoms with Crippen LogP contribution < -0.4 is 0 Å².